The van der Waals surface area contributed by atoms with Crippen molar-refractivity contribution in [2.75, 3.05) is 24.7 Å². The van der Waals surface area contributed by atoms with Gasteiger partial charge in [0.15, 0.2) is 11.5 Å². The van der Waals surface area contributed by atoms with Crippen molar-refractivity contribution in [3.05, 3.63) is 70.4 Å². The van der Waals surface area contributed by atoms with Gasteiger partial charge in [0.2, 0.25) is 5.91 Å². The summed E-state index contributed by atoms with van der Waals surface area (Å²) in [7, 11) is -4.09. The molecule has 0 saturated carbocycles. The maximum atomic E-state index is 13.4. The Morgan fingerprint density at radius 2 is 1.81 bits per heavy atom. The summed E-state index contributed by atoms with van der Waals surface area (Å²) in [5.74, 6) is -0.140. The first-order chi connectivity index (χ1) is 15.4. The summed E-state index contributed by atoms with van der Waals surface area (Å²) >= 11 is 1.48. The summed E-state index contributed by atoms with van der Waals surface area (Å²) < 4.78 is 37.6. The summed E-state index contributed by atoms with van der Waals surface area (Å²) in [6.07, 6.45) is 0. The number of anilines is 1. The smallest absolute Gasteiger partial charge is 0.269 e. The second kappa shape index (κ2) is 7.95. The molecule has 0 unspecified atom stereocenters. The van der Waals surface area contributed by atoms with Gasteiger partial charge in [0.25, 0.3) is 15.9 Å². The van der Waals surface area contributed by atoms with Gasteiger partial charge in [0, 0.05) is 16.6 Å². The van der Waals surface area contributed by atoms with Gasteiger partial charge in [-0.25, -0.2) is 12.7 Å². The van der Waals surface area contributed by atoms with Crippen LogP contribution in [-0.4, -0.2) is 44.3 Å². The van der Waals surface area contributed by atoms with Crippen molar-refractivity contribution < 1.29 is 27.5 Å². The molecule has 10 heteroatoms. The Balaban J connectivity index is 1.47. The Morgan fingerprint density at radius 3 is 2.56 bits per heavy atom. The molecule has 0 fully saturated rings. The maximum absolute atomic E-state index is 13.4. The molecule has 5 rings (SSSR count). The van der Waals surface area contributed by atoms with Crippen LogP contribution < -0.4 is 14.4 Å². The molecule has 8 nitrogen and oxygen atoms in total. The zero-order valence-corrected chi connectivity index (χ0v) is 18.4. The number of sulfonamides is 1. The van der Waals surface area contributed by atoms with Gasteiger partial charge in [-0.3, -0.25) is 9.59 Å². The predicted molar refractivity (Wildman–Crippen MR) is 118 cm³/mol. The van der Waals surface area contributed by atoms with Crippen LogP contribution in [0.3, 0.4) is 0 Å². The van der Waals surface area contributed by atoms with E-state index in [9.17, 15) is 18.0 Å². The van der Waals surface area contributed by atoms with E-state index in [1.54, 1.807) is 30.3 Å². The molecule has 3 aromatic rings. The van der Waals surface area contributed by atoms with Crippen LogP contribution in [0.25, 0.3) is 0 Å². The fraction of sp³-hybridized carbons (Fsp3) is 0.182. The summed E-state index contributed by atoms with van der Waals surface area (Å²) in [4.78, 5) is 28.4. The molecule has 0 aliphatic carbocycles. The molecular formula is C22H18N2O6S2. The summed E-state index contributed by atoms with van der Waals surface area (Å²) in [6.45, 7) is 0.467. The van der Waals surface area contributed by atoms with Gasteiger partial charge in [-0.15, -0.1) is 11.3 Å². The van der Waals surface area contributed by atoms with Crippen molar-refractivity contribution in [2.24, 2.45) is 0 Å². The number of hydrogen-bond acceptors (Lipinski definition) is 7. The normalized spacial score (nSPS) is 16.0. The standard InChI is InChI=1S/C22H18N2O6S2/c25-21(14-24-22(26)17-5-1-2-6-20(17)32(24,27)28)23(13-16-4-3-11-31-16)15-7-8-18-19(12-15)30-10-9-29-18/h1-8,11-12H,9-10,13-14H2. The van der Waals surface area contributed by atoms with Crippen LogP contribution in [0.4, 0.5) is 5.69 Å². The van der Waals surface area contributed by atoms with E-state index in [4.69, 9.17) is 9.47 Å². The van der Waals surface area contributed by atoms with Crippen LogP contribution >= 0.6 is 11.3 Å². The lowest BCUT2D eigenvalue weighted by molar-refractivity contribution is -0.118. The molecule has 2 amide bonds. The third-order valence-corrected chi connectivity index (χ3v) is 7.87. The molecule has 0 N–H and O–H groups in total. The van der Waals surface area contributed by atoms with E-state index in [0.717, 1.165) is 4.88 Å². The molecule has 0 bridgehead atoms. The number of benzene rings is 2. The number of thiophene rings is 1. The Kier molecular flexibility index (Phi) is 5.10. The van der Waals surface area contributed by atoms with Crippen molar-refractivity contribution in [1.29, 1.82) is 0 Å². The van der Waals surface area contributed by atoms with Crippen molar-refractivity contribution in [1.82, 2.24) is 4.31 Å². The lowest BCUT2D eigenvalue weighted by atomic mass is 10.2. The fourth-order valence-electron chi connectivity index (χ4n) is 3.68. The molecule has 0 saturated heterocycles. The number of carbonyl (C=O) groups is 2. The van der Waals surface area contributed by atoms with E-state index in [1.807, 2.05) is 17.5 Å². The highest BCUT2D eigenvalue weighted by Crippen LogP contribution is 2.35. The molecule has 0 atom stereocenters. The molecule has 164 valence electrons. The number of rotatable bonds is 5. The highest BCUT2D eigenvalue weighted by Gasteiger charge is 2.42. The van der Waals surface area contributed by atoms with E-state index < -0.39 is 28.4 Å². The second-order valence-electron chi connectivity index (χ2n) is 7.20. The van der Waals surface area contributed by atoms with Crippen LogP contribution in [0.5, 0.6) is 11.5 Å². The van der Waals surface area contributed by atoms with Gasteiger partial charge >= 0.3 is 0 Å². The third kappa shape index (κ3) is 3.51. The lowest BCUT2D eigenvalue weighted by Gasteiger charge is -2.26. The minimum Gasteiger partial charge on any atom is -0.486 e. The van der Waals surface area contributed by atoms with Crippen LogP contribution in [-0.2, 0) is 21.4 Å². The number of amides is 2. The summed E-state index contributed by atoms with van der Waals surface area (Å²) in [5.41, 5.74) is 0.596. The first kappa shape index (κ1) is 20.5. The number of hydrogen-bond donors (Lipinski definition) is 0. The highest BCUT2D eigenvalue weighted by atomic mass is 32.2. The highest BCUT2D eigenvalue weighted by molar-refractivity contribution is 7.90. The zero-order chi connectivity index (χ0) is 22.3. The van der Waals surface area contributed by atoms with Crippen molar-refractivity contribution >= 4 is 38.9 Å². The van der Waals surface area contributed by atoms with E-state index >= 15 is 0 Å². The minimum absolute atomic E-state index is 0.0736. The number of nitrogens with zero attached hydrogens (tertiary/aromatic N) is 2. The van der Waals surface area contributed by atoms with Crippen molar-refractivity contribution in [2.45, 2.75) is 11.4 Å². The van der Waals surface area contributed by atoms with Gasteiger partial charge in [-0.05, 0) is 35.7 Å². The van der Waals surface area contributed by atoms with Crippen LogP contribution in [0.1, 0.15) is 15.2 Å². The van der Waals surface area contributed by atoms with E-state index in [-0.39, 0.29) is 17.0 Å². The minimum atomic E-state index is -4.09. The average molecular weight is 471 g/mol. The van der Waals surface area contributed by atoms with Gasteiger partial charge in [-0.2, -0.15) is 0 Å². The maximum Gasteiger partial charge on any atom is 0.269 e. The molecule has 1 aromatic heterocycles. The average Bonchev–Trinajstić information content (AvgIpc) is 3.39. The molecular weight excluding hydrogens is 452 g/mol. The molecule has 2 aliphatic heterocycles. The van der Waals surface area contributed by atoms with Gasteiger partial charge < -0.3 is 14.4 Å². The first-order valence-electron chi connectivity index (χ1n) is 9.83. The van der Waals surface area contributed by atoms with Crippen LogP contribution in [0.15, 0.2) is 64.9 Å². The van der Waals surface area contributed by atoms with Gasteiger partial charge in [-0.1, -0.05) is 18.2 Å². The molecule has 0 spiro atoms. The second-order valence-corrected chi connectivity index (χ2v) is 10.1. The van der Waals surface area contributed by atoms with E-state index in [0.29, 0.717) is 34.7 Å². The number of carbonyl (C=O) groups excluding carboxylic acids is 2. The number of fused-ring (bicyclic) bond motifs is 2. The zero-order valence-electron chi connectivity index (χ0n) is 16.8. The third-order valence-electron chi connectivity index (χ3n) is 5.22. The largest absolute Gasteiger partial charge is 0.486 e. The molecule has 2 aliphatic rings. The summed E-state index contributed by atoms with van der Waals surface area (Å²) in [6, 6.07) is 14.8. The predicted octanol–water partition coefficient (Wildman–Crippen LogP) is 2.90. The summed E-state index contributed by atoms with van der Waals surface area (Å²) in [5, 5.41) is 1.90. The first-order valence-corrected chi connectivity index (χ1v) is 12.2. The number of ether oxygens (including phenoxy) is 2. The molecule has 2 aromatic carbocycles. The monoisotopic (exact) mass is 470 g/mol. The lowest BCUT2D eigenvalue weighted by Crippen LogP contribution is -2.42. The SMILES string of the molecule is O=C(CN1C(=O)c2ccccc2S1(=O)=O)N(Cc1cccs1)c1ccc2c(c1)OCCO2. The molecule has 32 heavy (non-hydrogen) atoms. The van der Waals surface area contributed by atoms with Crippen molar-refractivity contribution in [3.8, 4) is 11.5 Å². The Morgan fingerprint density at radius 1 is 1.03 bits per heavy atom. The van der Waals surface area contributed by atoms with Gasteiger partial charge in [0.05, 0.1) is 12.1 Å². The van der Waals surface area contributed by atoms with Crippen LogP contribution in [0.2, 0.25) is 0 Å². The van der Waals surface area contributed by atoms with Gasteiger partial charge in [0.1, 0.15) is 24.7 Å². The fourth-order valence-corrected chi connectivity index (χ4v) is 5.89. The quantitative estimate of drug-likeness (QED) is 0.569. The van der Waals surface area contributed by atoms with E-state index in [1.165, 1.54) is 28.4 Å². The van der Waals surface area contributed by atoms with Crippen LogP contribution in [0, 0.1) is 0 Å². The Hall–Kier alpha value is -3.37. The Bertz CT molecular complexity index is 1300. The molecule has 3 heterocycles. The topological polar surface area (TPSA) is 93.2 Å². The van der Waals surface area contributed by atoms with Crippen molar-refractivity contribution in [3.63, 3.8) is 0 Å². The van der Waals surface area contributed by atoms with E-state index in [2.05, 4.69) is 0 Å². The Labute approximate surface area is 188 Å². The molecule has 0 radical (unpaired) electrons.